The van der Waals surface area contributed by atoms with E-state index in [0.717, 1.165) is 12.8 Å². The van der Waals surface area contributed by atoms with Gasteiger partial charge in [-0.1, -0.05) is 12.8 Å². The Kier molecular flexibility index (Phi) is 5.95. The molecule has 7 nitrogen and oxygen atoms in total. The monoisotopic (exact) mass is 354 g/mol. The summed E-state index contributed by atoms with van der Waals surface area (Å²) in [6.45, 7) is 1.29. The molecule has 0 bridgehead atoms. The first-order valence-corrected chi connectivity index (χ1v) is 9.46. The van der Waals surface area contributed by atoms with Crippen molar-refractivity contribution in [3.63, 3.8) is 0 Å². The van der Waals surface area contributed by atoms with Crippen LogP contribution in [0.2, 0.25) is 0 Å². The standard InChI is InChI=1S/C16H22N2O5S/c1-11(10-19)17-15(20)16(21)18-12-6-8-14(9-7-12)24(22,23)13-4-2-3-5-13/h6-9,11,13,19H,2-5,10H2,1H3,(H,17,20)(H,18,21)/t11-/m0/s1. The highest BCUT2D eigenvalue weighted by Crippen LogP contribution is 2.29. The zero-order valence-electron chi connectivity index (χ0n) is 13.5. The second kappa shape index (κ2) is 7.76. The van der Waals surface area contributed by atoms with E-state index in [1.165, 1.54) is 24.3 Å². The number of amides is 2. The second-order valence-corrected chi connectivity index (χ2v) is 8.22. The molecule has 132 valence electrons. The number of hydrogen-bond donors (Lipinski definition) is 3. The molecule has 0 spiro atoms. The van der Waals surface area contributed by atoms with E-state index in [0.29, 0.717) is 18.5 Å². The van der Waals surface area contributed by atoms with Crippen molar-refractivity contribution in [1.82, 2.24) is 5.32 Å². The summed E-state index contributed by atoms with van der Waals surface area (Å²) in [5.41, 5.74) is 0.331. The molecule has 0 aromatic heterocycles. The van der Waals surface area contributed by atoms with Gasteiger partial charge in [0.15, 0.2) is 9.84 Å². The smallest absolute Gasteiger partial charge is 0.313 e. The van der Waals surface area contributed by atoms with Gasteiger partial charge in [0.1, 0.15) is 0 Å². The van der Waals surface area contributed by atoms with Crippen LogP contribution in [0.4, 0.5) is 5.69 Å². The molecule has 0 radical (unpaired) electrons. The SMILES string of the molecule is C[C@@H](CO)NC(=O)C(=O)Nc1ccc(S(=O)(=O)C2CCCC2)cc1. The number of rotatable bonds is 5. The number of carbonyl (C=O) groups excluding carboxylic acids is 2. The Balaban J connectivity index is 2.01. The van der Waals surface area contributed by atoms with Crippen LogP contribution in [0.3, 0.4) is 0 Å². The van der Waals surface area contributed by atoms with E-state index in [1.807, 2.05) is 0 Å². The Labute approximate surface area is 141 Å². The molecule has 3 N–H and O–H groups in total. The molecular weight excluding hydrogens is 332 g/mol. The van der Waals surface area contributed by atoms with Crippen LogP contribution < -0.4 is 10.6 Å². The van der Waals surface area contributed by atoms with Crippen LogP contribution in [0.25, 0.3) is 0 Å². The summed E-state index contributed by atoms with van der Waals surface area (Å²) in [6, 6.07) is 5.28. The molecule has 1 aliphatic rings. The maximum absolute atomic E-state index is 12.5. The van der Waals surface area contributed by atoms with E-state index in [4.69, 9.17) is 5.11 Å². The highest BCUT2D eigenvalue weighted by atomic mass is 32.2. The van der Waals surface area contributed by atoms with Gasteiger partial charge in [-0.3, -0.25) is 9.59 Å². The molecule has 24 heavy (non-hydrogen) atoms. The number of anilines is 1. The third kappa shape index (κ3) is 4.33. The summed E-state index contributed by atoms with van der Waals surface area (Å²) in [6.07, 6.45) is 3.23. The summed E-state index contributed by atoms with van der Waals surface area (Å²) in [4.78, 5) is 23.5. The summed E-state index contributed by atoms with van der Waals surface area (Å²) in [5, 5.41) is 13.2. The summed E-state index contributed by atoms with van der Waals surface area (Å²) in [5.74, 6) is -1.74. The first-order chi connectivity index (χ1) is 11.3. The zero-order chi connectivity index (χ0) is 17.7. The Morgan fingerprint density at radius 3 is 2.29 bits per heavy atom. The highest BCUT2D eigenvalue weighted by molar-refractivity contribution is 7.92. The lowest BCUT2D eigenvalue weighted by Gasteiger charge is -2.12. The average Bonchev–Trinajstić information content (AvgIpc) is 3.10. The summed E-state index contributed by atoms with van der Waals surface area (Å²) in [7, 11) is -3.34. The maximum Gasteiger partial charge on any atom is 0.313 e. The lowest BCUT2D eigenvalue weighted by Crippen LogP contribution is -2.42. The average molecular weight is 354 g/mol. The molecule has 8 heteroatoms. The molecule has 0 heterocycles. The van der Waals surface area contributed by atoms with Gasteiger partial charge in [-0.25, -0.2) is 8.42 Å². The fourth-order valence-corrected chi connectivity index (χ4v) is 4.50. The Morgan fingerprint density at radius 1 is 1.17 bits per heavy atom. The van der Waals surface area contributed by atoms with Crippen molar-refractivity contribution in [1.29, 1.82) is 0 Å². The van der Waals surface area contributed by atoms with Crippen molar-refractivity contribution >= 4 is 27.3 Å². The molecule has 1 fully saturated rings. The summed E-state index contributed by atoms with van der Waals surface area (Å²) >= 11 is 0. The predicted molar refractivity (Wildman–Crippen MR) is 89.2 cm³/mol. The normalized spacial score (nSPS) is 16.6. The van der Waals surface area contributed by atoms with Crippen LogP contribution in [-0.2, 0) is 19.4 Å². The number of nitrogens with one attached hydrogen (secondary N) is 2. The zero-order valence-corrected chi connectivity index (χ0v) is 14.3. The van der Waals surface area contributed by atoms with Gasteiger partial charge in [-0.15, -0.1) is 0 Å². The van der Waals surface area contributed by atoms with Gasteiger partial charge >= 0.3 is 11.8 Å². The number of aliphatic hydroxyl groups excluding tert-OH is 1. The lowest BCUT2D eigenvalue weighted by atomic mass is 10.3. The van der Waals surface area contributed by atoms with E-state index in [1.54, 1.807) is 6.92 Å². The van der Waals surface area contributed by atoms with Gasteiger partial charge in [0.2, 0.25) is 0 Å². The van der Waals surface area contributed by atoms with Crippen molar-refractivity contribution in [2.75, 3.05) is 11.9 Å². The fourth-order valence-electron chi connectivity index (χ4n) is 2.64. The van der Waals surface area contributed by atoms with Crippen molar-refractivity contribution in [3.8, 4) is 0 Å². The van der Waals surface area contributed by atoms with Gasteiger partial charge < -0.3 is 15.7 Å². The third-order valence-corrected chi connectivity index (χ3v) is 6.32. The minimum atomic E-state index is -3.34. The molecule has 2 rings (SSSR count). The van der Waals surface area contributed by atoms with Gasteiger partial charge in [0, 0.05) is 11.7 Å². The first kappa shape index (κ1) is 18.4. The molecule has 0 saturated heterocycles. The Hall–Kier alpha value is -1.93. The number of carbonyl (C=O) groups is 2. The quantitative estimate of drug-likeness (QED) is 0.678. The molecular formula is C16H22N2O5S. The van der Waals surface area contributed by atoms with Crippen LogP contribution in [0, 0.1) is 0 Å². The molecule has 1 aromatic carbocycles. The molecule has 1 atom stereocenters. The Bertz CT molecular complexity index is 694. The lowest BCUT2D eigenvalue weighted by molar-refractivity contribution is -0.136. The van der Waals surface area contributed by atoms with Crippen molar-refractivity contribution < 1.29 is 23.1 Å². The van der Waals surface area contributed by atoms with Crippen LogP contribution in [0.5, 0.6) is 0 Å². The van der Waals surface area contributed by atoms with Gasteiger partial charge in [-0.05, 0) is 44.0 Å². The first-order valence-electron chi connectivity index (χ1n) is 7.91. The van der Waals surface area contributed by atoms with E-state index >= 15 is 0 Å². The molecule has 1 saturated carbocycles. The van der Waals surface area contributed by atoms with E-state index < -0.39 is 27.7 Å². The number of hydrogen-bond acceptors (Lipinski definition) is 5. The largest absolute Gasteiger partial charge is 0.394 e. The third-order valence-electron chi connectivity index (χ3n) is 4.04. The predicted octanol–water partition coefficient (Wildman–Crippen LogP) is 0.838. The molecule has 1 aliphatic carbocycles. The van der Waals surface area contributed by atoms with Gasteiger partial charge in [0.25, 0.3) is 0 Å². The van der Waals surface area contributed by atoms with Crippen molar-refractivity contribution in [2.45, 2.75) is 48.8 Å². The maximum atomic E-state index is 12.5. The van der Waals surface area contributed by atoms with Crippen LogP contribution >= 0.6 is 0 Å². The van der Waals surface area contributed by atoms with E-state index in [-0.39, 0.29) is 16.8 Å². The molecule has 0 unspecified atom stereocenters. The molecule has 2 amide bonds. The minimum Gasteiger partial charge on any atom is -0.394 e. The van der Waals surface area contributed by atoms with Crippen LogP contribution in [-0.4, -0.2) is 43.2 Å². The van der Waals surface area contributed by atoms with Gasteiger partial charge in [-0.2, -0.15) is 0 Å². The fraction of sp³-hybridized carbons (Fsp3) is 0.500. The van der Waals surface area contributed by atoms with E-state index in [2.05, 4.69) is 10.6 Å². The van der Waals surface area contributed by atoms with Gasteiger partial charge in [0.05, 0.1) is 16.8 Å². The van der Waals surface area contributed by atoms with Crippen LogP contribution in [0.15, 0.2) is 29.2 Å². The van der Waals surface area contributed by atoms with E-state index in [9.17, 15) is 18.0 Å². The summed E-state index contributed by atoms with van der Waals surface area (Å²) < 4.78 is 24.9. The topological polar surface area (TPSA) is 113 Å². The van der Waals surface area contributed by atoms with Crippen molar-refractivity contribution in [2.24, 2.45) is 0 Å². The number of benzene rings is 1. The highest BCUT2D eigenvalue weighted by Gasteiger charge is 2.30. The minimum absolute atomic E-state index is 0.228. The van der Waals surface area contributed by atoms with Crippen molar-refractivity contribution in [3.05, 3.63) is 24.3 Å². The molecule has 0 aliphatic heterocycles. The van der Waals surface area contributed by atoms with Crippen LogP contribution in [0.1, 0.15) is 32.6 Å². The Morgan fingerprint density at radius 2 is 1.75 bits per heavy atom. The second-order valence-electron chi connectivity index (χ2n) is 5.99. The number of aliphatic hydroxyl groups is 1. The molecule has 1 aromatic rings. The number of sulfone groups is 1.